The van der Waals surface area contributed by atoms with Crippen LogP contribution in [0.3, 0.4) is 0 Å². The maximum absolute atomic E-state index is 13.0. The molecule has 4 aromatic rings. The average molecular weight is 475 g/mol. The van der Waals surface area contributed by atoms with Crippen LogP contribution in [0.2, 0.25) is 0 Å². The van der Waals surface area contributed by atoms with E-state index in [1.165, 1.54) is 19.3 Å². The molecule has 1 saturated heterocycles. The van der Waals surface area contributed by atoms with Crippen molar-refractivity contribution in [2.24, 2.45) is 0 Å². The average Bonchev–Trinajstić information content (AvgIpc) is 2.85. The minimum Gasteiger partial charge on any atom is -0.356 e. The molecule has 0 spiro atoms. The molecule has 0 bridgehead atoms. The Hall–Kier alpha value is -3.72. The fraction of sp³-hybridized carbons (Fsp3) is 0.240. The van der Waals surface area contributed by atoms with Gasteiger partial charge in [-0.3, -0.25) is 9.71 Å². The summed E-state index contributed by atoms with van der Waals surface area (Å²) in [6.07, 6.45) is 5.21. The minimum absolute atomic E-state index is 0.145. The predicted molar refractivity (Wildman–Crippen MR) is 135 cm³/mol. The van der Waals surface area contributed by atoms with Gasteiger partial charge in [0.05, 0.1) is 5.52 Å². The first kappa shape index (κ1) is 22.1. The molecular weight excluding hydrogens is 448 g/mol. The molecule has 3 heterocycles. The fourth-order valence-corrected chi connectivity index (χ4v) is 5.39. The molecule has 0 radical (unpaired) electrons. The number of nitrogens with zero attached hydrogens (tertiary/aromatic N) is 4. The number of aryl methyl sites for hydroxylation is 1. The van der Waals surface area contributed by atoms with Gasteiger partial charge in [0.25, 0.3) is 10.0 Å². The van der Waals surface area contributed by atoms with Crippen molar-refractivity contribution >= 4 is 44.1 Å². The molecular formula is C25H26N6O2S. The van der Waals surface area contributed by atoms with E-state index in [0.717, 1.165) is 35.7 Å². The summed E-state index contributed by atoms with van der Waals surface area (Å²) < 4.78 is 28.7. The molecule has 1 aliphatic heterocycles. The van der Waals surface area contributed by atoms with E-state index in [4.69, 9.17) is 0 Å². The van der Waals surface area contributed by atoms with Crippen LogP contribution in [0.15, 0.2) is 71.8 Å². The van der Waals surface area contributed by atoms with E-state index in [1.54, 1.807) is 48.7 Å². The van der Waals surface area contributed by atoms with E-state index in [2.05, 4.69) is 29.9 Å². The lowest BCUT2D eigenvalue weighted by Gasteiger charge is -2.28. The summed E-state index contributed by atoms with van der Waals surface area (Å²) in [5.74, 6) is 1.46. The first-order valence-corrected chi connectivity index (χ1v) is 12.8. The standard InChI is InChI=1S/C25H26N6O2S/c1-18-17-23(31-15-3-2-4-16-31)29-25(27-18)28-20-10-12-21(13-11-20)30-34(32,33)22-9-5-7-19-8-6-14-26-24(19)22/h5-14,17,30H,2-4,15-16H2,1H3,(H,27,28,29). The molecule has 9 heteroatoms. The van der Waals surface area contributed by atoms with Gasteiger partial charge in [-0.15, -0.1) is 0 Å². The Balaban J connectivity index is 1.33. The number of sulfonamides is 1. The summed E-state index contributed by atoms with van der Waals surface area (Å²) in [7, 11) is -3.80. The number of benzene rings is 2. The molecule has 2 aromatic heterocycles. The molecule has 0 atom stereocenters. The molecule has 0 aliphatic carbocycles. The number of nitrogens with one attached hydrogen (secondary N) is 2. The highest BCUT2D eigenvalue weighted by Gasteiger charge is 2.18. The lowest BCUT2D eigenvalue weighted by atomic mass is 10.1. The Bertz CT molecular complexity index is 1410. The molecule has 0 amide bonds. The Morgan fingerprint density at radius 3 is 2.41 bits per heavy atom. The SMILES string of the molecule is Cc1cc(N2CCCCC2)nc(Nc2ccc(NS(=O)(=O)c3cccc4cccnc34)cc2)n1. The normalized spacial score (nSPS) is 14.2. The van der Waals surface area contributed by atoms with Crippen LogP contribution in [-0.4, -0.2) is 36.5 Å². The highest BCUT2D eigenvalue weighted by atomic mass is 32.2. The van der Waals surface area contributed by atoms with Gasteiger partial charge in [-0.1, -0.05) is 18.2 Å². The van der Waals surface area contributed by atoms with Crippen LogP contribution in [0, 0.1) is 6.92 Å². The summed E-state index contributed by atoms with van der Waals surface area (Å²) in [5, 5.41) is 4.00. The van der Waals surface area contributed by atoms with Gasteiger partial charge in [0, 0.05) is 47.8 Å². The maximum Gasteiger partial charge on any atom is 0.264 e. The first-order valence-electron chi connectivity index (χ1n) is 11.3. The van der Waals surface area contributed by atoms with Crippen LogP contribution in [0.25, 0.3) is 10.9 Å². The zero-order chi connectivity index (χ0) is 23.5. The summed E-state index contributed by atoms with van der Waals surface area (Å²) >= 11 is 0. The molecule has 34 heavy (non-hydrogen) atoms. The van der Waals surface area contributed by atoms with Gasteiger partial charge in [0.15, 0.2) is 0 Å². The third kappa shape index (κ3) is 4.79. The number of hydrogen-bond acceptors (Lipinski definition) is 7. The van der Waals surface area contributed by atoms with Crippen LogP contribution >= 0.6 is 0 Å². The van der Waals surface area contributed by atoms with E-state index in [-0.39, 0.29) is 4.90 Å². The number of hydrogen-bond donors (Lipinski definition) is 2. The van der Waals surface area contributed by atoms with Crippen molar-refractivity contribution in [3.05, 3.63) is 72.6 Å². The smallest absolute Gasteiger partial charge is 0.264 e. The predicted octanol–water partition coefficient (Wildman–Crippen LogP) is 4.87. The van der Waals surface area contributed by atoms with Gasteiger partial charge in [0.2, 0.25) is 5.95 Å². The van der Waals surface area contributed by atoms with Crippen molar-refractivity contribution in [3.63, 3.8) is 0 Å². The zero-order valence-corrected chi connectivity index (χ0v) is 19.7. The Morgan fingerprint density at radius 1 is 0.882 bits per heavy atom. The molecule has 1 aliphatic rings. The number of anilines is 4. The minimum atomic E-state index is -3.80. The van der Waals surface area contributed by atoms with Crippen LogP contribution in [0.5, 0.6) is 0 Å². The largest absolute Gasteiger partial charge is 0.356 e. The first-order chi connectivity index (χ1) is 16.5. The number of aromatic nitrogens is 3. The molecule has 2 aromatic carbocycles. The molecule has 5 rings (SSSR count). The molecule has 2 N–H and O–H groups in total. The van der Waals surface area contributed by atoms with Gasteiger partial charge >= 0.3 is 0 Å². The number of para-hydroxylation sites is 1. The second-order valence-corrected chi connectivity index (χ2v) is 10.0. The van der Waals surface area contributed by atoms with Gasteiger partial charge in [-0.05, 0) is 62.6 Å². The maximum atomic E-state index is 13.0. The number of pyridine rings is 1. The summed E-state index contributed by atoms with van der Waals surface area (Å²) in [4.78, 5) is 15.9. The highest BCUT2D eigenvalue weighted by molar-refractivity contribution is 7.93. The van der Waals surface area contributed by atoms with Crippen LogP contribution in [0.4, 0.5) is 23.1 Å². The quantitative estimate of drug-likeness (QED) is 0.411. The second-order valence-electron chi connectivity index (χ2n) is 8.38. The number of piperidine rings is 1. The van der Waals surface area contributed by atoms with Crippen LogP contribution < -0.4 is 14.9 Å². The summed E-state index contributed by atoms with van der Waals surface area (Å²) in [6, 6.07) is 17.8. The third-order valence-electron chi connectivity index (χ3n) is 5.80. The van der Waals surface area contributed by atoms with E-state index >= 15 is 0 Å². The van der Waals surface area contributed by atoms with Crippen molar-refractivity contribution < 1.29 is 8.42 Å². The molecule has 8 nitrogen and oxygen atoms in total. The van der Waals surface area contributed by atoms with Gasteiger partial charge in [-0.2, -0.15) is 4.98 Å². The van der Waals surface area contributed by atoms with Crippen molar-refractivity contribution in [1.29, 1.82) is 0 Å². The summed E-state index contributed by atoms with van der Waals surface area (Å²) in [6.45, 7) is 3.98. The van der Waals surface area contributed by atoms with Crippen LogP contribution in [0.1, 0.15) is 25.0 Å². The topological polar surface area (TPSA) is 100 Å². The van der Waals surface area contributed by atoms with Gasteiger partial charge < -0.3 is 10.2 Å². The molecule has 0 saturated carbocycles. The fourth-order valence-electron chi connectivity index (χ4n) is 4.15. The zero-order valence-electron chi connectivity index (χ0n) is 18.9. The highest BCUT2D eigenvalue weighted by Crippen LogP contribution is 2.25. The van der Waals surface area contributed by atoms with E-state index in [1.807, 2.05) is 25.1 Å². The monoisotopic (exact) mass is 474 g/mol. The Kier molecular flexibility index (Phi) is 6.02. The van der Waals surface area contributed by atoms with E-state index in [0.29, 0.717) is 17.2 Å². The van der Waals surface area contributed by atoms with E-state index in [9.17, 15) is 8.42 Å². The Labute approximate surface area is 199 Å². The third-order valence-corrected chi connectivity index (χ3v) is 7.21. The summed E-state index contributed by atoms with van der Waals surface area (Å²) in [5.41, 5.74) is 2.56. The van der Waals surface area contributed by atoms with Gasteiger partial charge in [0.1, 0.15) is 10.7 Å². The molecule has 1 fully saturated rings. The van der Waals surface area contributed by atoms with Crippen LogP contribution in [-0.2, 0) is 10.0 Å². The Morgan fingerprint density at radius 2 is 1.62 bits per heavy atom. The van der Waals surface area contributed by atoms with Crippen molar-refractivity contribution in [2.45, 2.75) is 31.1 Å². The van der Waals surface area contributed by atoms with Crippen molar-refractivity contribution in [1.82, 2.24) is 15.0 Å². The van der Waals surface area contributed by atoms with E-state index < -0.39 is 10.0 Å². The van der Waals surface area contributed by atoms with Crippen molar-refractivity contribution in [2.75, 3.05) is 28.0 Å². The lowest BCUT2D eigenvalue weighted by Crippen LogP contribution is -2.30. The lowest BCUT2D eigenvalue weighted by molar-refractivity contribution is 0.573. The number of fused-ring (bicyclic) bond motifs is 1. The molecule has 174 valence electrons. The van der Waals surface area contributed by atoms with Crippen molar-refractivity contribution in [3.8, 4) is 0 Å². The number of rotatable bonds is 6. The second kappa shape index (κ2) is 9.26. The molecule has 0 unspecified atom stereocenters. The van der Waals surface area contributed by atoms with Gasteiger partial charge in [-0.25, -0.2) is 13.4 Å².